The molecule has 0 aromatic heterocycles. The summed E-state index contributed by atoms with van der Waals surface area (Å²) in [5.74, 6) is 2.37. The first-order chi connectivity index (χ1) is 12.0. The molecule has 1 saturated heterocycles. The van der Waals surface area contributed by atoms with Gasteiger partial charge in [0.15, 0.2) is 5.96 Å². The second-order valence-corrected chi connectivity index (χ2v) is 6.83. The van der Waals surface area contributed by atoms with Gasteiger partial charge >= 0.3 is 6.09 Å². The van der Waals surface area contributed by atoms with Gasteiger partial charge in [0.25, 0.3) is 0 Å². The van der Waals surface area contributed by atoms with Gasteiger partial charge in [-0.25, -0.2) is 9.79 Å². The molecule has 1 aliphatic heterocycles. The number of likely N-dealkylation sites (tertiary alicyclic amines) is 1. The van der Waals surface area contributed by atoms with Crippen LogP contribution in [0, 0.1) is 11.8 Å². The lowest BCUT2D eigenvalue weighted by atomic mass is 9.92. The highest BCUT2D eigenvalue weighted by Gasteiger charge is 2.23. The van der Waals surface area contributed by atoms with Gasteiger partial charge in [0.1, 0.15) is 0 Å². The number of guanidine groups is 1. The smallest absolute Gasteiger partial charge is 0.411 e. The number of hydrogen-bond acceptors (Lipinski definition) is 3. The van der Waals surface area contributed by atoms with Crippen molar-refractivity contribution >= 4 is 41.7 Å². The van der Waals surface area contributed by atoms with Gasteiger partial charge in [0, 0.05) is 25.3 Å². The largest absolute Gasteiger partial charge is 0.453 e. The van der Waals surface area contributed by atoms with Crippen LogP contribution in [0.1, 0.15) is 32.8 Å². The molecule has 0 saturated carbocycles. The quantitative estimate of drug-likeness (QED) is 0.395. The number of piperidine rings is 1. The first-order valence-corrected chi connectivity index (χ1v) is 8.99. The van der Waals surface area contributed by atoms with E-state index in [0.717, 1.165) is 31.2 Å². The summed E-state index contributed by atoms with van der Waals surface area (Å²) in [5.41, 5.74) is 1.81. The zero-order valence-corrected chi connectivity index (χ0v) is 18.4. The number of aliphatic imine (C=N–C) groups is 1. The van der Waals surface area contributed by atoms with Crippen LogP contribution in [0.25, 0.3) is 0 Å². The summed E-state index contributed by atoms with van der Waals surface area (Å²) < 4.78 is 4.59. The maximum Gasteiger partial charge on any atom is 0.411 e. The van der Waals surface area contributed by atoms with Crippen LogP contribution < -0.4 is 10.6 Å². The minimum atomic E-state index is -0.464. The van der Waals surface area contributed by atoms with E-state index in [9.17, 15) is 4.79 Å². The number of amides is 1. The topological polar surface area (TPSA) is 66.0 Å². The Hall–Kier alpha value is -1.51. The van der Waals surface area contributed by atoms with Crippen molar-refractivity contribution in [3.05, 3.63) is 29.8 Å². The number of carbonyl (C=O) groups excluding carboxylic acids is 1. The van der Waals surface area contributed by atoms with Crippen LogP contribution in [0.15, 0.2) is 29.3 Å². The molecule has 1 aromatic carbocycles. The summed E-state index contributed by atoms with van der Waals surface area (Å²) in [4.78, 5) is 18.4. The minimum Gasteiger partial charge on any atom is -0.453 e. The Morgan fingerprint density at radius 2 is 1.85 bits per heavy atom. The third-order valence-corrected chi connectivity index (χ3v) is 4.30. The highest BCUT2D eigenvalue weighted by Crippen LogP contribution is 2.21. The van der Waals surface area contributed by atoms with Crippen LogP contribution in [0.4, 0.5) is 10.5 Å². The van der Waals surface area contributed by atoms with Crippen molar-refractivity contribution in [1.82, 2.24) is 10.2 Å². The Morgan fingerprint density at radius 1 is 1.23 bits per heavy atom. The number of hydrogen-bond donors (Lipinski definition) is 2. The van der Waals surface area contributed by atoms with Crippen molar-refractivity contribution < 1.29 is 9.53 Å². The van der Waals surface area contributed by atoms with Gasteiger partial charge in [-0.15, -0.1) is 24.0 Å². The number of nitrogens with zero attached hydrogens (tertiary/aromatic N) is 2. The summed E-state index contributed by atoms with van der Waals surface area (Å²) in [6.07, 6.45) is 0.818. The molecule has 0 spiro atoms. The van der Waals surface area contributed by atoms with Crippen LogP contribution in [-0.4, -0.2) is 43.7 Å². The number of benzene rings is 1. The number of methoxy groups -OCH3 is 1. The average molecular weight is 474 g/mol. The van der Waals surface area contributed by atoms with E-state index in [1.807, 2.05) is 24.3 Å². The van der Waals surface area contributed by atoms with Crippen LogP contribution in [0.2, 0.25) is 0 Å². The Morgan fingerprint density at radius 3 is 2.38 bits per heavy atom. The third-order valence-electron chi connectivity index (χ3n) is 4.30. The number of ether oxygens (including phenoxy) is 1. The molecular formula is C19H31IN4O2. The van der Waals surface area contributed by atoms with Crippen molar-refractivity contribution in [2.24, 2.45) is 16.8 Å². The summed E-state index contributed by atoms with van der Waals surface area (Å²) in [6.45, 7) is 10.3. The molecule has 146 valence electrons. The summed E-state index contributed by atoms with van der Waals surface area (Å²) in [5, 5.41) is 6.06. The fraction of sp³-hybridized carbons (Fsp3) is 0.579. The normalized spacial score (nSPS) is 20.2. The first-order valence-electron chi connectivity index (χ1n) is 8.99. The molecule has 1 aliphatic rings. The van der Waals surface area contributed by atoms with Gasteiger partial charge < -0.3 is 15.0 Å². The molecule has 2 unspecified atom stereocenters. The first kappa shape index (κ1) is 22.5. The number of carbonyl (C=O) groups is 1. The molecule has 1 heterocycles. The zero-order valence-electron chi connectivity index (χ0n) is 16.1. The summed E-state index contributed by atoms with van der Waals surface area (Å²) in [7, 11) is 1.35. The van der Waals surface area contributed by atoms with E-state index in [-0.39, 0.29) is 24.0 Å². The number of halogens is 1. The molecule has 1 fully saturated rings. The average Bonchev–Trinajstić information content (AvgIpc) is 2.59. The Balaban J connectivity index is 0.00000338. The van der Waals surface area contributed by atoms with Gasteiger partial charge in [-0.3, -0.25) is 5.32 Å². The molecule has 26 heavy (non-hydrogen) atoms. The Labute approximate surface area is 173 Å². The van der Waals surface area contributed by atoms with Crippen LogP contribution in [-0.2, 0) is 11.3 Å². The second kappa shape index (κ2) is 11.3. The monoisotopic (exact) mass is 474 g/mol. The Kier molecular flexibility index (Phi) is 9.75. The van der Waals surface area contributed by atoms with Gasteiger partial charge in [-0.05, 0) is 42.9 Å². The number of anilines is 1. The van der Waals surface area contributed by atoms with E-state index < -0.39 is 6.09 Å². The van der Waals surface area contributed by atoms with Crippen molar-refractivity contribution in [2.45, 2.75) is 33.7 Å². The highest BCUT2D eigenvalue weighted by atomic mass is 127. The van der Waals surface area contributed by atoms with Crippen molar-refractivity contribution in [3.63, 3.8) is 0 Å². The zero-order chi connectivity index (χ0) is 18.2. The van der Waals surface area contributed by atoms with Gasteiger partial charge in [0.05, 0.1) is 13.7 Å². The predicted octanol–water partition coefficient (Wildman–Crippen LogP) is 3.93. The lowest BCUT2D eigenvalue weighted by Gasteiger charge is -2.37. The molecule has 1 aromatic rings. The molecule has 2 rings (SSSR count). The van der Waals surface area contributed by atoms with E-state index in [1.54, 1.807) is 0 Å². The van der Waals surface area contributed by atoms with E-state index in [0.29, 0.717) is 24.1 Å². The molecule has 1 amide bonds. The van der Waals surface area contributed by atoms with Gasteiger partial charge in [0.2, 0.25) is 0 Å². The molecule has 2 atom stereocenters. The molecule has 2 N–H and O–H groups in total. The summed E-state index contributed by atoms with van der Waals surface area (Å²) in [6, 6.07) is 7.67. The van der Waals surface area contributed by atoms with Gasteiger partial charge in [-0.2, -0.15) is 0 Å². The molecule has 0 radical (unpaired) electrons. The van der Waals surface area contributed by atoms with Crippen molar-refractivity contribution in [1.29, 1.82) is 0 Å². The molecule has 7 heteroatoms. The summed E-state index contributed by atoms with van der Waals surface area (Å²) >= 11 is 0. The maximum absolute atomic E-state index is 11.2. The SMILES string of the molecule is CCNC(=NCc1ccc(NC(=O)OC)cc1)N1CC(C)CC(C)C1.I. The van der Waals surface area contributed by atoms with Gasteiger partial charge in [-0.1, -0.05) is 26.0 Å². The second-order valence-electron chi connectivity index (χ2n) is 6.83. The van der Waals surface area contributed by atoms with Crippen LogP contribution >= 0.6 is 24.0 Å². The lowest BCUT2D eigenvalue weighted by Crippen LogP contribution is -2.48. The molecular weight excluding hydrogens is 443 g/mol. The molecule has 0 aliphatic carbocycles. The third kappa shape index (κ3) is 7.01. The predicted molar refractivity (Wildman–Crippen MR) is 117 cm³/mol. The lowest BCUT2D eigenvalue weighted by molar-refractivity contribution is 0.187. The Bertz CT molecular complexity index is 582. The number of rotatable bonds is 4. The highest BCUT2D eigenvalue weighted by molar-refractivity contribution is 14.0. The van der Waals surface area contributed by atoms with Crippen molar-refractivity contribution in [2.75, 3.05) is 32.1 Å². The minimum absolute atomic E-state index is 0. The van der Waals surface area contributed by atoms with Crippen molar-refractivity contribution in [3.8, 4) is 0 Å². The van der Waals surface area contributed by atoms with E-state index >= 15 is 0 Å². The number of nitrogens with one attached hydrogen (secondary N) is 2. The fourth-order valence-electron chi connectivity index (χ4n) is 3.29. The molecule has 6 nitrogen and oxygen atoms in total. The van der Waals surface area contributed by atoms with E-state index in [4.69, 9.17) is 4.99 Å². The van der Waals surface area contributed by atoms with E-state index in [1.165, 1.54) is 13.5 Å². The van der Waals surface area contributed by atoms with E-state index in [2.05, 4.69) is 41.0 Å². The van der Waals surface area contributed by atoms with Crippen LogP contribution in [0.5, 0.6) is 0 Å². The standard InChI is InChI=1S/C19H30N4O2.HI/c1-5-20-18(23-12-14(2)10-15(3)13-23)21-11-16-6-8-17(9-7-16)22-19(24)25-4;/h6-9,14-15H,5,10-13H2,1-4H3,(H,20,21)(H,22,24);1H. The maximum atomic E-state index is 11.2. The van der Waals surface area contributed by atoms with Crippen LogP contribution in [0.3, 0.4) is 0 Å². The fourth-order valence-corrected chi connectivity index (χ4v) is 3.29. The molecule has 0 bridgehead atoms.